The number of carbonyl (C=O) groups excluding carboxylic acids is 2. The Balaban J connectivity index is 2.06. The van der Waals surface area contributed by atoms with Gasteiger partial charge in [0.15, 0.2) is 0 Å². The largest absolute Gasteiger partial charge is 0.480 e. The van der Waals surface area contributed by atoms with Crippen LogP contribution in [0.1, 0.15) is 31.4 Å². The predicted molar refractivity (Wildman–Crippen MR) is 98.9 cm³/mol. The van der Waals surface area contributed by atoms with Gasteiger partial charge < -0.3 is 20.3 Å². The van der Waals surface area contributed by atoms with Crippen LogP contribution < -0.4 is 5.32 Å². The number of H-pyrrole nitrogens is 1. The first kappa shape index (κ1) is 19.5. The van der Waals surface area contributed by atoms with Crippen molar-refractivity contribution in [3.8, 4) is 0 Å². The van der Waals surface area contributed by atoms with Crippen LogP contribution in [0.4, 0.5) is 0 Å². The van der Waals surface area contributed by atoms with Crippen molar-refractivity contribution in [3.05, 3.63) is 35.5 Å². The Morgan fingerprint density at radius 2 is 2.04 bits per heavy atom. The summed E-state index contributed by atoms with van der Waals surface area (Å²) in [6, 6.07) is 5.06. The Bertz CT molecular complexity index is 812. The molecule has 7 nitrogen and oxygen atoms in total. The molecular formula is C19H25N3O4. The molecule has 1 unspecified atom stereocenters. The van der Waals surface area contributed by atoms with Gasteiger partial charge in [-0.05, 0) is 31.4 Å². The molecule has 0 bridgehead atoms. The third-order valence-electron chi connectivity index (χ3n) is 4.49. The second-order valence-electron chi connectivity index (χ2n) is 6.40. The molecule has 0 aliphatic heterocycles. The lowest BCUT2D eigenvalue weighted by molar-refractivity contribution is -0.149. The van der Waals surface area contributed by atoms with Crippen LogP contribution in [0.3, 0.4) is 0 Å². The monoisotopic (exact) mass is 359 g/mol. The molecule has 0 saturated carbocycles. The van der Waals surface area contributed by atoms with Gasteiger partial charge in [-0.15, -0.1) is 0 Å². The van der Waals surface area contributed by atoms with E-state index in [2.05, 4.69) is 10.3 Å². The number of aromatic amines is 1. The number of carboxylic acid groups (broad SMARTS) is 1. The fraction of sp³-hybridized carbons (Fsp3) is 0.421. The van der Waals surface area contributed by atoms with Crippen LogP contribution in [0.25, 0.3) is 10.9 Å². The van der Waals surface area contributed by atoms with Crippen molar-refractivity contribution >= 4 is 28.7 Å². The standard InChI is InChI=1S/C19H25N3O4/c1-12-5-4-6-16-15(11-21-18(12)16)7-8-17(24)22(13(2)19(25)26)10-9-20-14(3)23/h4-6,11,13,21H,7-10H2,1-3H3,(H,20,23)(H,25,26). The third-order valence-corrected chi connectivity index (χ3v) is 4.49. The minimum atomic E-state index is -1.07. The van der Waals surface area contributed by atoms with Crippen molar-refractivity contribution < 1.29 is 19.5 Å². The maximum atomic E-state index is 12.6. The molecule has 2 rings (SSSR count). The Morgan fingerprint density at radius 3 is 2.69 bits per heavy atom. The zero-order valence-electron chi connectivity index (χ0n) is 15.3. The molecule has 1 aromatic carbocycles. The van der Waals surface area contributed by atoms with Gasteiger partial charge in [0.1, 0.15) is 6.04 Å². The first-order valence-electron chi connectivity index (χ1n) is 8.63. The molecular weight excluding hydrogens is 334 g/mol. The second-order valence-corrected chi connectivity index (χ2v) is 6.40. The summed E-state index contributed by atoms with van der Waals surface area (Å²) >= 11 is 0. The number of hydrogen-bond acceptors (Lipinski definition) is 3. The van der Waals surface area contributed by atoms with E-state index in [1.54, 1.807) is 0 Å². The molecule has 1 aromatic heterocycles. The highest BCUT2D eigenvalue weighted by molar-refractivity contribution is 5.87. The number of aromatic nitrogens is 1. The summed E-state index contributed by atoms with van der Waals surface area (Å²) in [6.07, 6.45) is 2.62. The maximum absolute atomic E-state index is 12.6. The van der Waals surface area contributed by atoms with Crippen LogP contribution in [0.2, 0.25) is 0 Å². The number of benzene rings is 1. The van der Waals surface area contributed by atoms with Crippen LogP contribution in [0.15, 0.2) is 24.4 Å². The second kappa shape index (κ2) is 8.51. The van der Waals surface area contributed by atoms with Crippen molar-refractivity contribution in [1.82, 2.24) is 15.2 Å². The average Bonchev–Trinajstić information content (AvgIpc) is 3.00. The molecule has 26 heavy (non-hydrogen) atoms. The lowest BCUT2D eigenvalue weighted by Crippen LogP contribution is -2.46. The molecule has 3 N–H and O–H groups in total. The number of carbonyl (C=O) groups is 3. The summed E-state index contributed by atoms with van der Waals surface area (Å²) in [5, 5.41) is 12.9. The van der Waals surface area contributed by atoms with Gasteiger partial charge in [-0.2, -0.15) is 0 Å². The van der Waals surface area contributed by atoms with Crippen LogP contribution >= 0.6 is 0 Å². The number of rotatable bonds is 8. The van der Waals surface area contributed by atoms with Crippen molar-refractivity contribution in [3.63, 3.8) is 0 Å². The number of aliphatic carboxylic acids is 1. The molecule has 140 valence electrons. The molecule has 0 radical (unpaired) electrons. The highest BCUT2D eigenvalue weighted by atomic mass is 16.4. The number of para-hydroxylation sites is 1. The van der Waals surface area contributed by atoms with Gasteiger partial charge in [0.2, 0.25) is 11.8 Å². The maximum Gasteiger partial charge on any atom is 0.326 e. The predicted octanol–water partition coefficient (Wildman–Crippen LogP) is 1.85. The number of nitrogens with one attached hydrogen (secondary N) is 2. The highest BCUT2D eigenvalue weighted by Gasteiger charge is 2.25. The van der Waals surface area contributed by atoms with Gasteiger partial charge in [0.25, 0.3) is 0 Å². The topological polar surface area (TPSA) is 103 Å². The lowest BCUT2D eigenvalue weighted by atomic mass is 10.1. The van der Waals surface area contributed by atoms with E-state index in [-0.39, 0.29) is 31.3 Å². The molecule has 0 aliphatic rings. The minimum Gasteiger partial charge on any atom is -0.480 e. The molecule has 7 heteroatoms. The van der Waals surface area contributed by atoms with E-state index in [9.17, 15) is 19.5 Å². The van der Waals surface area contributed by atoms with Gasteiger partial charge in [0, 0.05) is 43.5 Å². The van der Waals surface area contributed by atoms with E-state index in [1.807, 2.05) is 31.3 Å². The Labute approximate surface area is 152 Å². The van der Waals surface area contributed by atoms with Crippen molar-refractivity contribution in [1.29, 1.82) is 0 Å². The quantitative estimate of drug-likeness (QED) is 0.669. The first-order chi connectivity index (χ1) is 12.3. The van der Waals surface area contributed by atoms with Crippen LogP contribution in [0.5, 0.6) is 0 Å². The number of amides is 2. The fourth-order valence-corrected chi connectivity index (χ4v) is 2.98. The van der Waals surface area contributed by atoms with Gasteiger partial charge >= 0.3 is 5.97 Å². The molecule has 0 saturated heterocycles. The van der Waals surface area contributed by atoms with E-state index in [0.29, 0.717) is 6.42 Å². The number of hydrogen-bond donors (Lipinski definition) is 3. The molecule has 2 amide bonds. The van der Waals surface area contributed by atoms with Crippen molar-refractivity contribution in [2.45, 2.75) is 39.7 Å². The number of carboxylic acids is 1. The van der Waals surface area contributed by atoms with Crippen LogP contribution in [-0.2, 0) is 20.8 Å². The van der Waals surface area contributed by atoms with E-state index in [0.717, 1.165) is 22.0 Å². The van der Waals surface area contributed by atoms with Gasteiger partial charge in [0.05, 0.1) is 0 Å². The average molecular weight is 359 g/mol. The fourth-order valence-electron chi connectivity index (χ4n) is 2.98. The molecule has 0 fully saturated rings. The Morgan fingerprint density at radius 1 is 1.31 bits per heavy atom. The molecule has 2 aromatic rings. The van der Waals surface area contributed by atoms with E-state index in [1.165, 1.54) is 18.7 Å². The van der Waals surface area contributed by atoms with E-state index < -0.39 is 12.0 Å². The van der Waals surface area contributed by atoms with Gasteiger partial charge in [-0.25, -0.2) is 4.79 Å². The number of fused-ring (bicyclic) bond motifs is 1. The number of aryl methyl sites for hydroxylation is 2. The minimum absolute atomic E-state index is 0.166. The summed E-state index contributed by atoms with van der Waals surface area (Å²) in [5.41, 5.74) is 3.22. The third kappa shape index (κ3) is 4.62. The molecule has 1 heterocycles. The Kier molecular flexibility index (Phi) is 6.38. The van der Waals surface area contributed by atoms with Gasteiger partial charge in [-0.3, -0.25) is 9.59 Å². The zero-order valence-corrected chi connectivity index (χ0v) is 15.3. The van der Waals surface area contributed by atoms with E-state index in [4.69, 9.17) is 0 Å². The molecule has 1 atom stereocenters. The summed E-state index contributed by atoms with van der Waals surface area (Å²) < 4.78 is 0. The summed E-state index contributed by atoms with van der Waals surface area (Å²) in [4.78, 5) is 39.4. The van der Waals surface area contributed by atoms with Crippen LogP contribution in [0, 0.1) is 6.92 Å². The smallest absolute Gasteiger partial charge is 0.326 e. The zero-order chi connectivity index (χ0) is 19.3. The summed E-state index contributed by atoms with van der Waals surface area (Å²) in [6.45, 7) is 5.27. The van der Waals surface area contributed by atoms with Gasteiger partial charge in [-0.1, -0.05) is 18.2 Å². The van der Waals surface area contributed by atoms with Crippen molar-refractivity contribution in [2.24, 2.45) is 0 Å². The summed E-state index contributed by atoms with van der Waals surface area (Å²) in [5.74, 6) is -1.52. The SMILES string of the molecule is CC(=O)NCCN(C(=O)CCc1c[nH]c2c(C)cccc12)C(C)C(=O)O. The highest BCUT2D eigenvalue weighted by Crippen LogP contribution is 2.22. The molecule has 0 aliphatic carbocycles. The lowest BCUT2D eigenvalue weighted by Gasteiger charge is -2.26. The first-order valence-corrected chi connectivity index (χ1v) is 8.63. The van der Waals surface area contributed by atoms with E-state index >= 15 is 0 Å². The Hall–Kier alpha value is -2.83. The van der Waals surface area contributed by atoms with Crippen LogP contribution in [-0.4, -0.2) is 51.9 Å². The normalized spacial score (nSPS) is 12.0. The summed E-state index contributed by atoms with van der Waals surface area (Å²) in [7, 11) is 0. The number of nitrogens with zero attached hydrogens (tertiary/aromatic N) is 1. The van der Waals surface area contributed by atoms with Crippen molar-refractivity contribution in [2.75, 3.05) is 13.1 Å². The molecule has 0 spiro atoms.